The molecule has 3 fully saturated rings. The van der Waals surface area contributed by atoms with Gasteiger partial charge in [-0.05, 0) is 71.6 Å². The van der Waals surface area contributed by atoms with Gasteiger partial charge in [0, 0.05) is 35.2 Å². The van der Waals surface area contributed by atoms with Gasteiger partial charge in [-0.15, -0.1) is 11.6 Å². The quantitative estimate of drug-likeness (QED) is 0.309. The van der Waals surface area contributed by atoms with Crippen molar-refractivity contribution in [3.63, 3.8) is 0 Å². The molecule has 7 nitrogen and oxygen atoms in total. The van der Waals surface area contributed by atoms with Crippen LogP contribution in [-0.2, 0) is 4.79 Å². The number of nitrogens with zero attached hydrogens (tertiary/aromatic N) is 2. The molecule has 3 aliphatic rings. The van der Waals surface area contributed by atoms with Crippen molar-refractivity contribution in [2.45, 2.75) is 102 Å². The van der Waals surface area contributed by atoms with Crippen LogP contribution in [0.1, 0.15) is 78.6 Å². The average molecular weight is 437 g/mol. The van der Waals surface area contributed by atoms with Gasteiger partial charge in [0.15, 0.2) is 5.96 Å². The third-order valence-electron chi connectivity index (χ3n) is 6.43. The molecule has 0 radical (unpaired) electrons. The normalized spacial score (nSPS) is 35.5. The van der Waals surface area contributed by atoms with Gasteiger partial charge in [0.2, 0.25) is 5.91 Å². The van der Waals surface area contributed by atoms with Crippen LogP contribution in [0.4, 0.5) is 0 Å². The lowest BCUT2D eigenvalue weighted by atomic mass is 9.82. The minimum absolute atomic E-state index is 0.0185. The van der Waals surface area contributed by atoms with Crippen molar-refractivity contribution in [1.82, 2.24) is 21.5 Å². The van der Waals surface area contributed by atoms with Gasteiger partial charge in [0.05, 0.1) is 6.07 Å². The van der Waals surface area contributed by atoms with Gasteiger partial charge in [0.1, 0.15) is 6.17 Å². The Morgan fingerprint density at radius 2 is 1.83 bits per heavy atom. The highest BCUT2D eigenvalue weighted by molar-refractivity contribution is 6.20. The largest absolute Gasteiger partial charge is 0.351 e. The highest BCUT2D eigenvalue weighted by Gasteiger charge is 2.33. The highest BCUT2D eigenvalue weighted by atomic mass is 35.5. The number of nitrogens with one attached hydrogen (secondary N) is 4. The Labute approximate surface area is 185 Å². The minimum Gasteiger partial charge on any atom is -0.351 e. The summed E-state index contributed by atoms with van der Waals surface area (Å²) >= 11 is 6.25. The van der Waals surface area contributed by atoms with Crippen molar-refractivity contribution in [1.29, 1.82) is 5.26 Å². The molecule has 0 aromatic rings. The zero-order valence-electron chi connectivity index (χ0n) is 18.5. The summed E-state index contributed by atoms with van der Waals surface area (Å²) in [6.45, 7) is 6.15. The summed E-state index contributed by atoms with van der Waals surface area (Å²) in [5.74, 6) is 0.953. The predicted octanol–water partition coefficient (Wildman–Crippen LogP) is 3.17. The molecular formula is C22H37ClN6O. The average Bonchev–Trinajstić information content (AvgIpc) is 3.15. The van der Waals surface area contributed by atoms with E-state index in [4.69, 9.17) is 16.6 Å². The molecule has 3 rings (SSSR count). The zero-order chi connectivity index (χ0) is 21.7. The van der Waals surface area contributed by atoms with E-state index in [1.807, 2.05) is 0 Å². The van der Waals surface area contributed by atoms with Crippen LogP contribution < -0.4 is 21.5 Å². The fourth-order valence-corrected chi connectivity index (χ4v) is 5.06. The van der Waals surface area contributed by atoms with Crippen molar-refractivity contribution in [3.8, 4) is 6.07 Å². The Morgan fingerprint density at radius 3 is 2.50 bits per heavy atom. The van der Waals surface area contributed by atoms with Crippen molar-refractivity contribution >= 4 is 23.5 Å². The van der Waals surface area contributed by atoms with Crippen molar-refractivity contribution < 1.29 is 4.79 Å². The Bertz CT molecular complexity index is 662. The Balaban J connectivity index is 1.61. The minimum atomic E-state index is -0.224. The highest BCUT2D eigenvalue weighted by Crippen LogP contribution is 2.32. The van der Waals surface area contributed by atoms with E-state index >= 15 is 0 Å². The van der Waals surface area contributed by atoms with Gasteiger partial charge in [-0.1, -0.05) is 6.42 Å². The van der Waals surface area contributed by atoms with Crippen LogP contribution in [0.3, 0.4) is 0 Å². The molecule has 8 heteroatoms. The molecule has 0 aromatic heterocycles. The van der Waals surface area contributed by atoms with E-state index in [0.717, 1.165) is 51.4 Å². The first-order valence-electron chi connectivity index (χ1n) is 11.4. The maximum absolute atomic E-state index is 12.9. The summed E-state index contributed by atoms with van der Waals surface area (Å²) in [5.41, 5.74) is 6.48. The molecule has 168 valence electrons. The second-order valence-corrected chi connectivity index (χ2v) is 10.8. The molecule has 2 saturated carbocycles. The lowest BCUT2D eigenvalue weighted by Gasteiger charge is -2.29. The number of hydrazine groups is 1. The molecule has 1 amide bonds. The van der Waals surface area contributed by atoms with E-state index in [0.29, 0.717) is 29.7 Å². The molecule has 0 bridgehead atoms. The Hall–Kier alpha value is -1.36. The number of halogens is 1. The van der Waals surface area contributed by atoms with Crippen LogP contribution >= 0.6 is 11.6 Å². The van der Waals surface area contributed by atoms with E-state index < -0.39 is 0 Å². The lowest BCUT2D eigenvalue weighted by molar-refractivity contribution is -0.124. The fourth-order valence-electron chi connectivity index (χ4n) is 4.81. The van der Waals surface area contributed by atoms with Crippen LogP contribution in [-0.4, -0.2) is 35.0 Å². The van der Waals surface area contributed by atoms with Gasteiger partial charge in [-0.25, -0.2) is 10.4 Å². The summed E-state index contributed by atoms with van der Waals surface area (Å²) in [5, 5.41) is 15.9. The van der Waals surface area contributed by atoms with Crippen LogP contribution in [0.2, 0.25) is 0 Å². The number of alkyl halides is 1. The van der Waals surface area contributed by atoms with E-state index in [-0.39, 0.29) is 29.4 Å². The fraction of sp³-hybridized carbons (Fsp3) is 0.864. The van der Waals surface area contributed by atoms with Crippen molar-refractivity contribution in [3.05, 3.63) is 0 Å². The van der Waals surface area contributed by atoms with Crippen molar-refractivity contribution in [2.24, 2.45) is 22.7 Å². The summed E-state index contributed by atoms with van der Waals surface area (Å²) in [4.78, 5) is 17.7. The molecule has 0 aromatic carbocycles. The number of rotatable bonds is 3. The number of hydrogen-bond donors (Lipinski definition) is 4. The van der Waals surface area contributed by atoms with Gasteiger partial charge in [-0.2, -0.15) is 5.26 Å². The molecule has 4 N–H and O–H groups in total. The molecule has 1 heterocycles. The number of carbonyl (C=O) groups excluding carboxylic acids is 1. The summed E-state index contributed by atoms with van der Waals surface area (Å²) in [6.07, 6.45) is 8.55. The van der Waals surface area contributed by atoms with Gasteiger partial charge >= 0.3 is 0 Å². The Morgan fingerprint density at radius 1 is 1.10 bits per heavy atom. The van der Waals surface area contributed by atoms with Crippen LogP contribution in [0.5, 0.6) is 0 Å². The lowest BCUT2D eigenvalue weighted by Crippen LogP contribution is -2.52. The van der Waals surface area contributed by atoms with Crippen LogP contribution in [0, 0.1) is 29.1 Å². The van der Waals surface area contributed by atoms with Gasteiger partial charge in [-0.3, -0.25) is 15.5 Å². The summed E-state index contributed by atoms with van der Waals surface area (Å²) in [6, 6.07) is 2.70. The van der Waals surface area contributed by atoms with E-state index in [2.05, 4.69) is 48.3 Å². The second kappa shape index (κ2) is 10.3. The number of nitriles is 1. The summed E-state index contributed by atoms with van der Waals surface area (Å²) < 4.78 is 0. The second-order valence-electron chi connectivity index (χ2n) is 10.2. The van der Waals surface area contributed by atoms with Crippen LogP contribution in [0.15, 0.2) is 4.99 Å². The summed E-state index contributed by atoms with van der Waals surface area (Å²) in [7, 11) is 0. The molecule has 1 saturated heterocycles. The zero-order valence-corrected chi connectivity index (χ0v) is 19.3. The molecular weight excluding hydrogens is 400 g/mol. The molecule has 4 atom stereocenters. The molecule has 30 heavy (non-hydrogen) atoms. The maximum atomic E-state index is 12.9. The third kappa shape index (κ3) is 6.83. The molecule has 2 aliphatic carbocycles. The van der Waals surface area contributed by atoms with Gasteiger partial charge < -0.3 is 5.32 Å². The van der Waals surface area contributed by atoms with E-state index in [1.165, 1.54) is 0 Å². The first-order chi connectivity index (χ1) is 14.2. The van der Waals surface area contributed by atoms with Gasteiger partial charge in [0.25, 0.3) is 0 Å². The first-order valence-corrected chi connectivity index (χ1v) is 11.9. The number of hydrogen-bond acceptors (Lipinski definition) is 5. The van der Waals surface area contributed by atoms with Crippen molar-refractivity contribution in [2.75, 3.05) is 0 Å². The third-order valence-corrected chi connectivity index (χ3v) is 6.87. The SMILES string of the molecule is CC(C)(C)N/C(=N\C1CC(C2CCC(Cl)CC2)NN1)NC(=O)C1CCCC(C#N)C1. The number of aliphatic imine (C=N–C) groups is 1. The number of amides is 1. The first kappa shape index (κ1) is 23.3. The topological polar surface area (TPSA) is 101 Å². The standard InChI is InChI=1S/C22H37ClN6O/c1-22(2,3)27-21(26-20(30)16-6-4-5-14(11-16)13-24)25-19-12-18(28-29-19)15-7-9-17(23)10-8-15/h14-19,28-29H,4-12H2,1-3H3,(H2,25,26,27,30). The maximum Gasteiger partial charge on any atom is 0.229 e. The monoisotopic (exact) mass is 436 g/mol. The number of carbonyl (C=O) groups is 1. The molecule has 0 spiro atoms. The van der Waals surface area contributed by atoms with Crippen LogP contribution in [0.25, 0.3) is 0 Å². The number of guanidine groups is 1. The molecule has 1 aliphatic heterocycles. The van der Waals surface area contributed by atoms with E-state index in [9.17, 15) is 10.1 Å². The molecule has 4 unspecified atom stereocenters. The smallest absolute Gasteiger partial charge is 0.229 e. The predicted molar refractivity (Wildman–Crippen MR) is 120 cm³/mol. The Kier molecular flexibility index (Phi) is 8.00. The van der Waals surface area contributed by atoms with E-state index in [1.54, 1.807) is 0 Å².